The van der Waals surface area contributed by atoms with Gasteiger partial charge < -0.3 is 28.8 Å². The molecule has 6 nitrogen and oxygen atoms in total. The lowest BCUT2D eigenvalue weighted by atomic mass is 9.92. The highest BCUT2D eigenvalue weighted by molar-refractivity contribution is 6.99. The summed E-state index contributed by atoms with van der Waals surface area (Å²) in [4.78, 5) is 0. The molecule has 2 saturated heterocycles. The van der Waals surface area contributed by atoms with Gasteiger partial charge in [0.25, 0.3) is 8.32 Å². The Hall–Kier alpha value is -1.58. The number of hydrogen-bond acceptors (Lipinski definition) is 6. The van der Waals surface area contributed by atoms with Crippen molar-refractivity contribution in [1.82, 2.24) is 0 Å². The van der Waals surface area contributed by atoms with Crippen molar-refractivity contribution in [3.8, 4) is 0 Å². The van der Waals surface area contributed by atoms with Gasteiger partial charge in [-0.1, -0.05) is 81.4 Å². The van der Waals surface area contributed by atoms with Crippen LogP contribution in [0.3, 0.4) is 0 Å². The Kier molecular flexibility index (Phi) is 7.88. The minimum absolute atomic E-state index is 0.0937. The summed E-state index contributed by atoms with van der Waals surface area (Å²) in [7, 11) is -2.60. The van der Waals surface area contributed by atoms with Crippen molar-refractivity contribution in [3.63, 3.8) is 0 Å². The molecule has 0 bridgehead atoms. The van der Waals surface area contributed by atoms with E-state index in [-0.39, 0.29) is 5.04 Å². The van der Waals surface area contributed by atoms with Gasteiger partial charge >= 0.3 is 0 Å². The van der Waals surface area contributed by atoms with E-state index in [1.807, 2.05) is 12.1 Å². The Morgan fingerprint density at radius 3 is 2.06 bits per heavy atom. The van der Waals surface area contributed by atoms with Crippen LogP contribution in [0.1, 0.15) is 47.5 Å². The zero-order valence-corrected chi connectivity index (χ0v) is 22.5. The van der Waals surface area contributed by atoms with Gasteiger partial charge in [0.1, 0.15) is 24.4 Å². The first-order chi connectivity index (χ1) is 16.6. The van der Waals surface area contributed by atoms with Crippen LogP contribution in [0.4, 0.5) is 0 Å². The van der Waals surface area contributed by atoms with E-state index in [0.717, 1.165) is 0 Å². The molecule has 0 amide bonds. The van der Waals surface area contributed by atoms with Gasteiger partial charge in [-0.15, -0.1) is 0 Å². The van der Waals surface area contributed by atoms with Crippen LogP contribution in [0.15, 0.2) is 60.7 Å². The van der Waals surface area contributed by atoms with Crippen molar-refractivity contribution in [2.75, 3.05) is 13.2 Å². The largest absolute Gasteiger partial charge is 0.407 e. The highest BCUT2D eigenvalue weighted by Crippen LogP contribution is 2.37. The summed E-state index contributed by atoms with van der Waals surface area (Å²) >= 11 is 0. The second kappa shape index (κ2) is 10.4. The monoisotopic (exact) mass is 500 g/mol. The number of hydrogen-bond donors (Lipinski definition) is 2. The van der Waals surface area contributed by atoms with Gasteiger partial charge in [-0.2, -0.15) is 0 Å². The molecule has 2 fully saturated rings. The average Bonchev–Trinajstić information content (AvgIpc) is 2.82. The summed E-state index contributed by atoms with van der Waals surface area (Å²) in [6, 6.07) is 21.1. The third-order valence-corrected chi connectivity index (χ3v) is 12.2. The van der Waals surface area contributed by atoms with Crippen LogP contribution < -0.4 is 10.4 Å². The first kappa shape index (κ1) is 26.5. The molecule has 2 heterocycles. The second-order valence-corrected chi connectivity index (χ2v) is 15.4. The Morgan fingerprint density at radius 1 is 0.943 bits per heavy atom. The lowest BCUT2D eigenvalue weighted by molar-refractivity contribution is -0.358. The maximum absolute atomic E-state index is 10.8. The molecule has 0 saturated carbocycles. The summed E-state index contributed by atoms with van der Waals surface area (Å²) in [6.45, 7) is 11.2. The molecule has 192 valence electrons. The fourth-order valence-corrected chi connectivity index (χ4v) is 10.1. The zero-order valence-electron chi connectivity index (χ0n) is 21.5. The fourth-order valence-electron chi connectivity index (χ4n) is 5.45. The Bertz CT molecular complexity index is 903. The summed E-state index contributed by atoms with van der Waals surface area (Å²) in [5.74, 6) is -0.804. The van der Waals surface area contributed by atoms with E-state index < -0.39 is 44.6 Å². The minimum atomic E-state index is -2.60. The van der Waals surface area contributed by atoms with E-state index >= 15 is 0 Å². The maximum Gasteiger partial charge on any atom is 0.261 e. The van der Waals surface area contributed by atoms with Gasteiger partial charge in [0.05, 0.1) is 12.7 Å². The van der Waals surface area contributed by atoms with E-state index in [0.29, 0.717) is 26.1 Å². The van der Waals surface area contributed by atoms with Crippen LogP contribution in [0.5, 0.6) is 0 Å². The average molecular weight is 501 g/mol. The van der Waals surface area contributed by atoms with E-state index in [9.17, 15) is 10.2 Å². The lowest BCUT2D eigenvalue weighted by Gasteiger charge is -2.49. The molecular weight excluding hydrogens is 460 g/mol. The number of aliphatic hydroxyl groups excluding tert-OH is 2. The van der Waals surface area contributed by atoms with E-state index in [1.54, 1.807) is 13.8 Å². The van der Waals surface area contributed by atoms with E-state index in [1.165, 1.54) is 10.4 Å². The summed E-state index contributed by atoms with van der Waals surface area (Å²) in [5.41, 5.74) is 0. The van der Waals surface area contributed by atoms with Crippen molar-refractivity contribution in [1.29, 1.82) is 0 Å². The minimum Gasteiger partial charge on any atom is -0.407 e. The molecule has 4 rings (SSSR count). The SMILES string of the molecule is CC1(C)OC[C@H]2O[C@@H](CCCO[Si](c3ccccc3)(c3ccccc3)C(C)(C)C)[C@H](O)[C@@H](O)[C@@H]2O1. The number of aliphatic hydroxyl groups is 2. The molecule has 5 atom stereocenters. The molecule has 0 aromatic heterocycles. The van der Waals surface area contributed by atoms with Gasteiger partial charge in [-0.3, -0.25) is 0 Å². The molecule has 0 spiro atoms. The molecule has 2 aromatic rings. The number of benzene rings is 2. The van der Waals surface area contributed by atoms with Crippen molar-refractivity contribution < 1.29 is 28.8 Å². The quantitative estimate of drug-likeness (QED) is 0.450. The Balaban J connectivity index is 1.47. The standard InChI is InChI=1S/C28H40O6Si/c1-27(2,3)35(20-13-8-6-9-14-20,21-15-10-7-11-16-21)32-18-12-17-22-24(29)25(30)26-23(33-22)19-31-28(4,5)34-26/h6-11,13-16,22-26,29-30H,12,17-19H2,1-5H3/t22-,23+,24-,25+,26+/m0/s1. The van der Waals surface area contributed by atoms with Gasteiger partial charge in [-0.25, -0.2) is 0 Å². The third kappa shape index (κ3) is 5.42. The van der Waals surface area contributed by atoms with Crippen molar-refractivity contribution in [2.24, 2.45) is 0 Å². The molecule has 2 aromatic carbocycles. The van der Waals surface area contributed by atoms with Crippen LogP contribution in [0, 0.1) is 0 Å². The Morgan fingerprint density at radius 2 is 1.51 bits per heavy atom. The van der Waals surface area contributed by atoms with Gasteiger partial charge in [0.2, 0.25) is 0 Å². The molecule has 2 aliphatic rings. The molecule has 0 radical (unpaired) electrons. The first-order valence-electron chi connectivity index (χ1n) is 12.6. The molecule has 0 unspecified atom stereocenters. The van der Waals surface area contributed by atoms with Crippen LogP contribution in [0.25, 0.3) is 0 Å². The van der Waals surface area contributed by atoms with E-state index in [2.05, 4.69) is 69.3 Å². The predicted octanol–water partition coefficient (Wildman–Crippen LogP) is 2.98. The van der Waals surface area contributed by atoms with Gasteiger partial charge in [0, 0.05) is 6.61 Å². The Labute approximate surface area is 210 Å². The maximum atomic E-state index is 10.8. The fraction of sp³-hybridized carbons (Fsp3) is 0.571. The van der Waals surface area contributed by atoms with Crippen LogP contribution in [-0.4, -0.2) is 68.1 Å². The number of rotatable bonds is 7. The van der Waals surface area contributed by atoms with E-state index in [4.69, 9.17) is 18.6 Å². The first-order valence-corrected chi connectivity index (χ1v) is 14.5. The van der Waals surface area contributed by atoms with Crippen LogP contribution >= 0.6 is 0 Å². The normalized spacial score (nSPS) is 28.9. The molecular formula is C28H40O6Si. The van der Waals surface area contributed by atoms with Gasteiger partial charge in [-0.05, 0) is 42.1 Å². The third-order valence-electron chi connectivity index (χ3n) is 7.17. The van der Waals surface area contributed by atoms with Crippen LogP contribution in [-0.2, 0) is 18.6 Å². The highest BCUT2D eigenvalue weighted by Gasteiger charge is 2.51. The molecule has 35 heavy (non-hydrogen) atoms. The highest BCUT2D eigenvalue weighted by atomic mass is 28.4. The summed E-state index contributed by atoms with van der Waals surface area (Å²) in [6.07, 6.45) is -2.26. The lowest BCUT2D eigenvalue weighted by Crippen LogP contribution is -2.66. The predicted molar refractivity (Wildman–Crippen MR) is 138 cm³/mol. The molecule has 7 heteroatoms. The second-order valence-electron chi connectivity index (χ2n) is 11.1. The summed E-state index contributed by atoms with van der Waals surface area (Å²) < 4.78 is 24.6. The summed E-state index contributed by atoms with van der Waals surface area (Å²) in [5, 5.41) is 23.9. The molecule has 2 aliphatic heterocycles. The molecule has 2 N–H and O–H groups in total. The number of ether oxygens (including phenoxy) is 3. The number of fused-ring (bicyclic) bond motifs is 1. The zero-order chi connectivity index (χ0) is 25.3. The van der Waals surface area contributed by atoms with Crippen molar-refractivity contribution in [3.05, 3.63) is 60.7 Å². The molecule has 0 aliphatic carbocycles. The van der Waals surface area contributed by atoms with Crippen LogP contribution in [0.2, 0.25) is 5.04 Å². The topological polar surface area (TPSA) is 77.4 Å². The smallest absolute Gasteiger partial charge is 0.261 e. The van der Waals surface area contributed by atoms with Crippen molar-refractivity contribution >= 4 is 18.7 Å². The van der Waals surface area contributed by atoms with Crippen molar-refractivity contribution in [2.45, 2.75) is 88.8 Å². The van der Waals surface area contributed by atoms with Gasteiger partial charge in [0.15, 0.2) is 5.79 Å².